The van der Waals surface area contributed by atoms with Crippen molar-refractivity contribution in [3.8, 4) is 17.6 Å². The van der Waals surface area contributed by atoms with Crippen LogP contribution >= 0.6 is 39.1 Å². The van der Waals surface area contributed by atoms with Gasteiger partial charge in [-0.15, -0.1) is 0 Å². The lowest BCUT2D eigenvalue weighted by Gasteiger charge is -2.14. The van der Waals surface area contributed by atoms with Crippen molar-refractivity contribution >= 4 is 56.8 Å². The van der Waals surface area contributed by atoms with E-state index in [0.717, 1.165) is 5.56 Å². The molecule has 0 aromatic heterocycles. The first-order chi connectivity index (χ1) is 15.8. The van der Waals surface area contributed by atoms with Crippen molar-refractivity contribution in [1.82, 2.24) is 0 Å². The van der Waals surface area contributed by atoms with E-state index in [4.69, 9.17) is 37.8 Å². The van der Waals surface area contributed by atoms with E-state index >= 15 is 0 Å². The van der Waals surface area contributed by atoms with E-state index in [-0.39, 0.29) is 12.2 Å². The van der Waals surface area contributed by atoms with Crippen LogP contribution in [-0.4, -0.2) is 17.7 Å². The van der Waals surface area contributed by atoms with Crippen molar-refractivity contribution in [3.63, 3.8) is 0 Å². The maximum atomic E-state index is 11.1. The van der Waals surface area contributed by atoms with Gasteiger partial charge in [0.25, 0.3) is 0 Å². The Hall–Kier alpha value is -2.98. The minimum absolute atomic E-state index is 0.152. The van der Waals surface area contributed by atoms with E-state index in [9.17, 15) is 10.1 Å². The molecule has 0 aliphatic heterocycles. The maximum absolute atomic E-state index is 11.1. The second-order valence-corrected chi connectivity index (χ2v) is 8.51. The van der Waals surface area contributed by atoms with Gasteiger partial charge in [-0.3, -0.25) is 0 Å². The molecule has 3 rings (SSSR count). The third-order valence-corrected chi connectivity index (χ3v) is 6.03. The normalized spacial score (nSPS) is 11.1. The number of benzene rings is 3. The Morgan fingerprint density at radius 1 is 1.03 bits per heavy atom. The second kappa shape index (κ2) is 11.2. The van der Waals surface area contributed by atoms with Gasteiger partial charge < -0.3 is 14.6 Å². The summed E-state index contributed by atoms with van der Waals surface area (Å²) in [6.45, 7) is 2.55. The molecule has 0 fully saturated rings. The zero-order valence-electron chi connectivity index (χ0n) is 17.4. The fourth-order valence-electron chi connectivity index (χ4n) is 2.96. The Morgan fingerprint density at radius 3 is 2.30 bits per heavy atom. The number of aromatic carboxylic acids is 1. The van der Waals surface area contributed by atoms with E-state index in [2.05, 4.69) is 22.0 Å². The standard InChI is InChI=1S/C25H18BrCl2NO4/c1-2-32-23-11-18(10-19(13-29)16-4-6-17(7-5-16)25(30)31)20(26)12-24(23)33-14-15-3-8-21(27)22(28)9-15/h3-12H,2,14H2,1H3,(H,30,31)/b19-10-. The van der Waals surface area contributed by atoms with E-state index in [1.54, 1.807) is 42.5 Å². The first-order valence-corrected chi connectivity index (χ1v) is 11.4. The predicted octanol–water partition coefficient (Wildman–Crippen LogP) is 7.50. The van der Waals surface area contributed by atoms with Crippen LogP contribution < -0.4 is 9.47 Å². The number of carboxylic acids is 1. The number of rotatable bonds is 8. The highest BCUT2D eigenvalue weighted by Gasteiger charge is 2.13. The molecule has 3 aromatic rings. The fraction of sp³-hybridized carbons (Fsp3) is 0.120. The van der Waals surface area contributed by atoms with Crippen LogP contribution in [0.2, 0.25) is 10.0 Å². The zero-order chi connectivity index (χ0) is 24.0. The largest absolute Gasteiger partial charge is 0.490 e. The van der Waals surface area contributed by atoms with Gasteiger partial charge in [0.1, 0.15) is 6.61 Å². The van der Waals surface area contributed by atoms with Crippen LogP contribution in [0.3, 0.4) is 0 Å². The molecule has 0 aliphatic carbocycles. The highest BCUT2D eigenvalue weighted by molar-refractivity contribution is 9.10. The number of hydrogen-bond acceptors (Lipinski definition) is 4. The monoisotopic (exact) mass is 545 g/mol. The molecular formula is C25H18BrCl2NO4. The first-order valence-electron chi connectivity index (χ1n) is 9.81. The summed E-state index contributed by atoms with van der Waals surface area (Å²) < 4.78 is 12.4. The zero-order valence-corrected chi connectivity index (χ0v) is 20.5. The molecule has 168 valence electrons. The molecule has 8 heteroatoms. The lowest BCUT2D eigenvalue weighted by atomic mass is 10.0. The Kier molecular flexibility index (Phi) is 8.40. The molecule has 3 aromatic carbocycles. The molecule has 0 bridgehead atoms. The molecule has 0 heterocycles. The van der Waals surface area contributed by atoms with Crippen molar-refractivity contribution in [1.29, 1.82) is 5.26 Å². The summed E-state index contributed by atoms with van der Waals surface area (Å²) in [5, 5.41) is 19.7. The molecule has 0 unspecified atom stereocenters. The van der Waals surface area contributed by atoms with E-state index in [1.165, 1.54) is 12.1 Å². The summed E-state index contributed by atoms with van der Waals surface area (Å²) in [4.78, 5) is 11.1. The van der Waals surface area contributed by atoms with Crippen LogP contribution in [0.5, 0.6) is 11.5 Å². The summed E-state index contributed by atoms with van der Waals surface area (Å²) in [7, 11) is 0. The molecular weight excluding hydrogens is 529 g/mol. The number of allylic oxidation sites excluding steroid dienone is 1. The van der Waals surface area contributed by atoms with Crippen molar-refractivity contribution < 1.29 is 19.4 Å². The van der Waals surface area contributed by atoms with Crippen LogP contribution in [0, 0.1) is 11.3 Å². The van der Waals surface area contributed by atoms with Gasteiger partial charge >= 0.3 is 5.97 Å². The van der Waals surface area contributed by atoms with Crippen molar-refractivity contribution in [2.24, 2.45) is 0 Å². The van der Waals surface area contributed by atoms with Crippen LogP contribution in [0.1, 0.15) is 34.0 Å². The van der Waals surface area contributed by atoms with Gasteiger partial charge in [0.2, 0.25) is 0 Å². The molecule has 1 N–H and O–H groups in total. The lowest BCUT2D eigenvalue weighted by molar-refractivity contribution is 0.0697. The fourth-order valence-corrected chi connectivity index (χ4v) is 3.72. The third kappa shape index (κ3) is 6.29. The number of hydrogen-bond donors (Lipinski definition) is 1. The van der Waals surface area contributed by atoms with Crippen LogP contribution in [0.15, 0.2) is 59.1 Å². The predicted molar refractivity (Wildman–Crippen MR) is 133 cm³/mol. The maximum Gasteiger partial charge on any atom is 0.335 e. The molecule has 0 saturated heterocycles. The number of carbonyl (C=O) groups is 1. The van der Waals surface area contributed by atoms with Crippen molar-refractivity contribution in [3.05, 3.63) is 91.4 Å². The lowest BCUT2D eigenvalue weighted by Crippen LogP contribution is -2.00. The van der Waals surface area contributed by atoms with E-state index in [0.29, 0.717) is 49.3 Å². The summed E-state index contributed by atoms with van der Waals surface area (Å²) in [5.74, 6) is 0.0198. The summed E-state index contributed by atoms with van der Waals surface area (Å²) >= 11 is 15.6. The smallest absolute Gasteiger partial charge is 0.335 e. The van der Waals surface area contributed by atoms with Gasteiger partial charge in [0.15, 0.2) is 11.5 Å². The van der Waals surface area contributed by atoms with Gasteiger partial charge in [-0.1, -0.05) is 57.3 Å². The Balaban J connectivity index is 1.91. The van der Waals surface area contributed by atoms with Crippen molar-refractivity contribution in [2.75, 3.05) is 6.61 Å². The number of nitrogens with zero attached hydrogens (tertiary/aromatic N) is 1. The van der Waals surface area contributed by atoms with Crippen molar-refractivity contribution in [2.45, 2.75) is 13.5 Å². The van der Waals surface area contributed by atoms with Gasteiger partial charge in [-0.25, -0.2) is 4.79 Å². The topological polar surface area (TPSA) is 79.5 Å². The molecule has 5 nitrogen and oxygen atoms in total. The van der Waals surface area contributed by atoms with Gasteiger partial charge in [-0.05, 0) is 66.1 Å². The van der Waals surface area contributed by atoms with E-state index in [1.807, 2.05) is 13.0 Å². The van der Waals surface area contributed by atoms with Gasteiger partial charge in [0.05, 0.1) is 33.9 Å². The van der Waals surface area contributed by atoms with Crippen LogP contribution in [0.4, 0.5) is 0 Å². The molecule has 0 amide bonds. The summed E-state index contributed by atoms with van der Waals surface area (Å²) in [6.07, 6.45) is 1.70. The minimum atomic E-state index is -1.02. The van der Waals surface area contributed by atoms with E-state index < -0.39 is 5.97 Å². The average Bonchev–Trinajstić information content (AvgIpc) is 2.80. The number of nitriles is 1. The quantitative estimate of drug-likeness (QED) is 0.234. The first kappa shape index (κ1) is 24.7. The number of ether oxygens (including phenoxy) is 2. The highest BCUT2D eigenvalue weighted by Crippen LogP contribution is 2.36. The number of carboxylic acid groups (broad SMARTS) is 1. The Labute approximate surface area is 209 Å². The minimum Gasteiger partial charge on any atom is -0.490 e. The highest BCUT2D eigenvalue weighted by atomic mass is 79.9. The molecule has 0 saturated carbocycles. The molecule has 0 spiro atoms. The van der Waals surface area contributed by atoms with Gasteiger partial charge in [-0.2, -0.15) is 5.26 Å². The summed E-state index contributed by atoms with van der Waals surface area (Å²) in [5.41, 5.74) is 2.69. The Bertz CT molecular complexity index is 1250. The Morgan fingerprint density at radius 2 is 1.70 bits per heavy atom. The SMILES string of the molecule is CCOc1cc(/C=C(/C#N)c2ccc(C(=O)O)cc2)c(Br)cc1OCc1ccc(Cl)c(Cl)c1. The van der Waals surface area contributed by atoms with Crippen LogP contribution in [-0.2, 0) is 6.61 Å². The number of halogens is 3. The third-order valence-electron chi connectivity index (χ3n) is 4.60. The molecule has 0 aliphatic rings. The van der Waals surface area contributed by atoms with Gasteiger partial charge in [0, 0.05) is 4.47 Å². The molecule has 0 atom stereocenters. The average molecular weight is 547 g/mol. The summed E-state index contributed by atoms with van der Waals surface area (Å²) in [6, 6.07) is 17.1. The second-order valence-electron chi connectivity index (χ2n) is 6.84. The van der Waals surface area contributed by atoms with Crippen LogP contribution in [0.25, 0.3) is 11.6 Å². The molecule has 0 radical (unpaired) electrons. The molecule has 33 heavy (non-hydrogen) atoms.